The summed E-state index contributed by atoms with van der Waals surface area (Å²) in [6.45, 7) is 3.53. The van der Waals surface area contributed by atoms with Crippen molar-refractivity contribution in [3.05, 3.63) is 35.5 Å². The number of furan rings is 1. The maximum Gasteiger partial charge on any atom is 0.239 e. The number of rotatable bonds is 5. The number of aliphatic hydroxyl groups is 1. The molecule has 1 amide bonds. The van der Waals surface area contributed by atoms with Gasteiger partial charge in [0.1, 0.15) is 22.3 Å². The third kappa shape index (κ3) is 4.44. The number of thiazole rings is 1. The number of hydrogen-bond acceptors (Lipinski definition) is 8. The van der Waals surface area contributed by atoms with Crippen molar-refractivity contribution in [2.24, 2.45) is 0 Å². The fraction of sp³-hybridized carbons (Fsp3) is 0.368. The molecule has 4 heterocycles. The van der Waals surface area contributed by atoms with Gasteiger partial charge in [-0.2, -0.15) is 0 Å². The van der Waals surface area contributed by atoms with Crippen molar-refractivity contribution in [2.75, 3.05) is 25.0 Å². The SMILES string of the molecule is Cc1ccc(-c2nc(NC(=O)CN3CCC(O)CC3)cc(-c3nccs3)n2)o1. The summed E-state index contributed by atoms with van der Waals surface area (Å²) in [5.41, 5.74) is 0.630. The number of carbonyl (C=O) groups is 1. The Labute approximate surface area is 166 Å². The van der Waals surface area contributed by atoms with Gasteiger partial charge in [-0.3, -0.25) is 9.69 Å². The molecule has 4 rings (SSSR count). The summed E-state index contributed by atoms with van der Waals surface area (Å²) in [6.07, 6.45) is 2.83. The molecule has 0 spiro atoms. The average molecular weight is 399 g/mol. The number of hydrogen-bond donors (Lipinski definition) is 2. The lowest BCUT2D eigenvalue weighted by Gasteiger charge is -2.28. The second-order valence-electron chi connectivity index (χ2n) is 6.77. The minimum absolute atomic E-state index is 0.151. The van der Waals surface area contributed by atoms with Gasteiger partial charge in [-0.05, 0) is 31.9 Å². The van der Waals surface area contributed by atoms with E-state index in [0.29, 0.717) is 49.0 Å². The fourth-order valence-corrected chi connectivity index (χ4v) is 3.70. The number of nitrogens with zero attached hydrogens (tertiary/aromatic N) is 4. The van der Waals surface area contributed by atoms with Gasteiger partial charge in [-0.25, -0.2) is 15.0 Å². The molecule has 0 saturated carbocycles. The van der Waals surface area contributed by atoms with Gasteiger partial charge in [-0.1, -0.05) is 0 Å². The van der Waals surface area contributed by atoms with Crippen LogP contribution in [0.1, 0.15) is 18.6 Å². The molecule has 1 aliphatic rings. The Morgan fingerprint density at radius 3 is 2.86 bits per heavy atom. The van der Waals surface area contributed by atoms with E-state index in [1.54, 1.807) is 18.3 Å². The number of nitrogens with one attached hydrogen (secondary N) is 1. The molecule has 3 aromatic heterocycles. The van der Waals surface area contributed by atoms with Crippen LogP contribution in [-0.2, 0) is 4.79 Å². The van der Waals surface area contributed by atoms with Crippen molar-refractivity contribution in [1.82, 2.24) is 19.9 Å². The molecule has 9 heteroatoms. The zero-order valence-corrected chi connectivity index (χ0v) is 16.3. The Morgan fingerprint density at radius 2 is 2.18 bits per heavy atom. The minimum atomic E-state index is -0.263. The van der Waals surface area contributed by atoms with Crippen molar-refractivity contribution in [2.45, 2.75) is 25.9 Å². The van der Waals surface area contributed by atoms with E-state index in [4.69, 9.17) is 4.42 Å². The van der Waals surface area contributed by atoms with Crippen LogP contribution in [0.2, 0.25) is 0 Å². The number of aromatic nitrogens is 3. The van der Waals surface area contributed by atoms with Crippen molar-refractivity contribution >= 4 is 23.1 Å². The van der Waals surface area contributed by atoms with Crippen molar-refractivity contribution < 1.29 is 14.3 Å². The van der Waals surface area contributed by atoms with Gasteiger partial charge >= 0.3 is 0 Å². The van der Waals surface area contributed by atoms with Crippen LogP contribution in [0.15, 0.2) is 34.2 Å². The van der Waals surface area contributed by atoms with E-state index >= 15 is 0 Å². The van der Waals surface area contributed by atoms with E-state index in [9.17, 15) is 9.90 Å². The van der Waals surface area contributed by atoms with Crippen LogP contribution in [0.5, 0.6) is 0 Å². The number of carbonyl (C=O) groups excluding carboxylic acids is 1. The largest absolute Gasteiger partial charge is 0.458 e. The summed E-state index contributed by atoms with van der Waals surface area (Å²) in [5.74, 6) is 1.96. The lowest BCUT2D eigenvalue weighted by Crippen LogP contribution is -2.40. The summed E-state index contributed by atoms with van der Waals surface area (Å²) < 4.78 is 5.65. The molecule has 146 valence electrons. The highest BCUT2D eigenvalue weighted by atomic mass is 32.1. The third-order valence-electron chi connectivity index (χ3n) is 4.53. The molecule has 3 aromatic rings. The predicted molar refractivity (Wildman–Crippen MR) is 106 cm³/mol. The van der Waals surface area contributed by atoms with E-state index in [0.717, 1.165) is 10.8 Å². The molecular formula is C19H21N5O3S. The molecule has 0 unspecified atom stereocenters. The first-order valence-electron chi connectivity index (χ1n) is 9.13. The Kier molecular flexibility index (Phi) is 5.47. The third-order valence-corrected chi connectivity index (χ3v) is 5.33. The predicted octanol–water partition coefficient (Wildman–Crippen LogP) is 2.56. The lowest BCUT2D eigenvalue weighted by atomic mass is 10.1. The number of likely N-dealkylation sites (tertiary alicyclic amines) is 1. The molecule has 8 nitrogen and oxygen atoms in total. The second kappa shape index (κ2) is 8.17. The van der Waals surface area contributed by atoms with Crippen molar-refractivity contribution in [3.8, 4) is 22.3 Å². The molecule has 0 aliphatic carbocycles. The monoisotopic (exact) mass is 399 g/mol. The van der Waals surface area contributed by atoms with Crippen LogP contribution in [-0.4, -0.2) is 56.6 Å². The quantitative estimate of drug-likeness (QED) is 0.679. The summed E-state index contributed by atoms with van der Waals surface area (Å²) >= 11 is 1.46. The zero-order chi connectivity index (χ0) is 19.5. The van der Waals surface area contributed by atoms with Crippen LogP contribution in [0.25, 0.3) is 22.3 Å². The summed E-state index contributed by atoms with van der Waals surface area (Å²) in [4.78, 5) is 27.8. The molecule has 0 aromatic carbocycles. The minimum Gasteiger partial charge on any atom is -0.458 e. The van der Waals surface area contributed by atoms with Gasteiger partial charge in [0.05, 0.1) is 12.6 Å². The average Bonchev–Trinajstić information content (AvgIpc) is 3.35. The van der Waals surface area contributed by atoms with E-state index < -0.39 is 0 Å². The van der Waals surface area contributed by atoms with E-state index in [1.807, 2.05) is 23.3 Å². The van der Waals surface area contributed by atoms with Gasteiger partial charge in [0, 0.05) is 30.7 Å². The normalized spacial score (nSPS) is 15.6. The Bertz CT molecular complexity index is 948. The summed E-state index contributed by atoms with van der Waals surface area (Å²) in [5, 5.41) is 15.1. The topological polar surface area (TPSA) is 104 Å². The Balaban J connectivity index is 1.55. The van der Waals surface area contributed by atoms with E-state index in [2.05, 4.69) is 20.3 Å². The van der Waals surface area contributed by atoms with Crippen LogP contribution in [0.3, 0.4) is 0 Å². The number of aryl methyl sites for hydroxylation is 1. The van der Waals surface area contributed by atoms with Gasteiger partial charge in [0.2, 0.25) is 5.91 Å². The van der Waals surface area contributed by atoms with E-state index in [-0.39, 0.29) is 18.6 Å². The standard InChI is InChI=1S/C19H21N5O3S/c1-12-2-3-15(27-12)18-21-14(19-20-6-9-28-19)10-16(23-18)22-17(26)11-24-7-4-13(25)5-8-24/h2-3,6,9-10,13,25H,4-5,7-8,11H2,1H3,(H,21,22,23,26). The second-order valence-corrected chi connectivity index (χ2v) is 7.66. The molecule has 1 saturated heterocycles. The van der Waals surface area contributed by atoms with Gasteiger partial charge < -0.3 is 14.8 Å². The highest BCUT2D eigenvalue weighted by molar-refractivity contribution is 7.13. The molecule has 0 atom stereocenters. The first-order chi connectivity index (χ1) is 13.6. The molecule has 0 radical (unpaired) electrons. The summed E-state index contributed by atoms with van der Waals surface area (Å²) in [6, 6.07) is 5.37. The highest BCUT2D eigenvalue weighted by Crippen LogP contribution is 2.26. The van der Waals surface area contributed by atoms with E-state index in [1.165, 1.54) is 11.3 Å². The fourth-order valence-electron chi connectivity index (χ4n) is 3.10. The maximum absolute atomic E-state index is 12.5. The Morgan fingerprint density at radius 1 is 1.36 bits per heavy atom. The van der Waals surface area contributed by atoms with Crippen LogP contribution in [0.4, 0.5) is 5.82 Å². The molecule has 0 bridgehead atoms. The number of anilines is 1. The number of amides is 1. The molecular weight excluding hydrogens is 378 g/mol. The highest BCUT2D eigenvalue weighted by Gasteiger charge is 2.20. The Hall–Kier alpha value is -2.62. The van der Waals surface area contributed by atoms with Gasteiger partial charge in [-0.15, -0.1) is 11.3 Å². The molecule has 1 fully saturated rings. The molecule has 1 aliphatic heterocycles. The van der Waals surface area contributed by atoms with Crippen LogP contribution < -0.4 is 5.32 Å². The number of piperidine rings is 1. The first kappa shape index (κ1) is 18.7. The summed E-state index contributed by atoms with van der Waals surface area (Å²) in [7, 11) is 0. The lowest BCUT2D eigenvalue weighted by molar-refractivity contribution is -0.117. The smallest absolute Gasteiger partial charge is 0.239 e. The van der Waals surface area contributed by atoms with Gasteiger partial charge in [0.25, 0.3) is 0 Å². The molecule has 28 heavy (non-hydrogen) atoms. The van der Waals surface area contributed by atoms with Crippen LogP contribution in [0, 0.1) is 6.92 Å². The maximum atomic E-state index is 12.5. The number of aliphatic hydroxyl groups excluding tert-OH is 1. The van der Waals surface area contributed by atoms with Crippen LogP contribution >= 0.6 is 11.3 Å². The molecule has 2 N–H and O–H groups in total. The first-order valence-corrected chi connectivity index (χ1v) is 10.0. The zero-order valence-electron chi connectivity index (χ0n) is 15.5. The van der Waals surface area contributed by atoms with Gasteiger partial charge in [0.15, 0.2) is 11.6 Å². The van der Waals surface area contributed by atoms with Crippen molar-refractivity contribution in [1.29, 1.82) is 0 Å². The van der Waals surface area contributed by atoms with Crippen molar-refractivity contribution in [3.63, 3.8) is 0 Å².